The fraction of sp³-hybridized carbons (Fsp3) is 0. The molecule has 0 radical (unpaired) electrons. The predicted octanol–water partition coefficient (Wildman–Crippen LogP) is 18.0. The second-order valence-electron chi connectivity index (χ2n) is 16.5. The van der Waals surface area contributed by atoms with Gasteiger partial charge in [0.05, 0.1) is 0 Å². The summed E-state index contributed by atoms with van der Waals surface area (Å²) < 4.78 is 0. The molecule has 11 aromatic carbocycles. The van der Waals surface area contributed by atoms with E-state index in [1.807, 2.05) is 0 Å². The summed E-state index contributed by atoms with van der Waals surface area (Å²) in [6.45, 7) is 0. The first-order chi connectivity index (χ1) is 32.2. The van der Waals surface area contributed by atoms with Crippen molar-refractivity contribution in [1.29, 1.82) is 0 Å². The van der Waals surface area contributed by atoms with E-state index >= 15 is 0 Å². The van der Waals surface area contributed by atoms with Crippen LogP contribution < -0.4 is 4.90 Å². The van der Waals surface area contributed by atoms with Crippen LogP contribution in [0.15, 0.2) is 273 Å². The lowest BCUT2D eigenvalue weighted by atomic mass is 9.90. The van der Waals surface area contributed by atoms with Gasteiger partial charge in [0.15, 0.2) is 0 Å². The number of fused-ring (bicyclic) bond motifs is 1. The zero-order valence-electron chi connectivity index (χ0n) is 35.9. The van der Waals surface area contributed by atoms with Crippen molar-refractivity contribution in [2.45, 2.75) is 0 Å². The van der Waals surface area contributed by atoms with Crippen LogP contribution in [0.4, 0.5) is 17.1 Å². The standard InChI is InChI=1S/C64H45N/c1-5-16-46(17-6-1)54-25-15-26-55(44-54)47-28-36-57(37-29-47)65(59-40-32-52(33-41-59)62-43-34-51-22-13-14-27-61(51)64(62)53-23-11-4-12-24-53)58-38-30-48(31-39-58)56-35-42-60(49-18-7-2-8-19-49)63(45-56)50-20-9-3-10-21-50/h1-45H. The lowest BCUT2D eigenvalue weighted by Gasteiger charge is -2.26. The normalized spacial score (nSPS) is 11.1. The van der Waals surface area contributed by atoms with Gasteiger partial charge in [0, 0.05) is 17.1 Å². The minimum absolute atomic E-state index is 1.08. The van der Waals surface area contributed by atoms with Gasteiger partial charge in [-0.1, -0.05) is 224 Å². The molecule has 1 heteroatoms. The first-order valence-electron chi connectivity index (χ1n) is 22.3. The summed E-state index contributed by atoms with van der Waals surface area (Å²) in [5.41, 5.74) is 20.1. The number of hydrogen-bond acceptors (Lipinski definition) is 1. The molecule has 306 valence electrons. The van der Waals surface area contributed by atoms with Crippen LogP contribution in [0, 0.1) is 0 Å². The van der Waals surface area contributed by atoms with Gasteiger partial charge in [-0.2, -0.15) is 0 Å². The van der Waals surface area contributed by atoms with E-state index in [0.29, 0.717) is 0 Å². The summed E-state index contributed by atoms with van der Waals surface area (Å²) in [5.74, 6) is 0. The fourth-order valence-corrected chi connectivity index (χ4v) is 9.23. The molecule has 0 aliphatic heterocycles. The highest BCUT2D eigenvalue weighted by Gasteiger charge is 2.17. The van der Waals surface area contributed by atoms with Gasteiger partial charge in [0.2, 0.25) is 0 Å². The third kappa shape index (κ3) is 8.04. The van der Waals surface area contributed by atoms with Crippen LogP contribution in [-0.4, -0.2) is 0 Å². The molecule has 11 rings (SSSR count). The molecule has 0 bridgehead atoms. The number of rotatable bonds is 10. The Morgan fingerprint density at radius 1 is 0.200 bits per heavy atom. The molecule has 0 aliphatic carbocycles. The zero-order valence-corrected chi connectivity index (χ0v) is 35.9. The molecular weight excluding hydrogens is 783 g/mol. The summed E-state index contributed by atoms with van der Waals surface area (Å²) in [7, 11) is 0. The van der Waals surface area contributed by atoms with Gasteiger partial charge in [0.1, 0.15) is 0 Å². The monoisotopic (exact) mass is 827 g/mol. The van der Waals surface area contributed by atoms with Gasteiger partial charge in [-0.25, -0.2) is 0 Å². The summed E-state index contributed by atoms with van der Waals surface area (Å²) in [5, 5.41) is 2.49. The molecule has 0 fully saturated rings. The first kappa shape index (κ1) is 39.3. The van der Waals surface area contributed by atoms with Crippen LogP contribution in [-0.2, 0) is 0 Å². The Hall–Kier alpha value is -8.52. The summed E-state index contributed by atoms with van der Waals surface area (Å²) >= 11 is 0. The van der Waals surface area contributed by atoms with E-state index in [2.05, 4.69) is 278 Å². The Labute approximate surface area is 381 Å². The molecule has 0 N–H and O–H groups in total. The molecule has 0 heterocycles. The molecule has 0 amide bonds. The minimum atomic E-state index is 1.08. The van der Waals surface area contributed by atoms with E-state index in [4.69, 9.17) is 0 Å². The molecule has 0 aromatic heterocycles. The molecule has 1 nitrogen and oxygen atoms in total. The summed E-state index contributed by atoms with van der Waals surface area (Å²) in [4.78, 5) is 2.37. The Bertz CT molecular complexity index is 3360. The maximum atomic E-state index is 2.37. The van der Waals surface area contributed by atoms with E-state index in [1.54, 1.807) is 0 Å². The molecule has 0 saturated heterocycles. The second kappa shape index (κ2) is 17.7. The molecular formula is C64H45N. The van der Waals surface area contributed by atoms with Crippen molar-refractivity contribution in [3.63, 3.8) is 0 Å². The van der Waals surface area contributed by atoms with Crippen molar-refractivity contribution < 1.29 is 0 Å². The molecule has 11 aromatic rings. The van der Waals surface area contributed by atoms with Crippen molar-refractivity contribution in [2.24, 2.45) is 0 Å². The lowest BCUT2D eigenvalue weighted by Crippen LogP contribution is -2.09. The van der Waals surface area contributed by atoms with Gasteiger partial charge in [-0.3, -0.25) is 0 Å². The second-order valence-corrected chi connectivity index (χ2v) is 16.5. The van der Waals surface area contributed by atoms with E-state index in [-0.39, 0.29) is 0 Å². The number of nitrogens with zero attached hydrogens (tertiary/aromatic N) is 1. The van der Waals surface area contributed by atoms with Crippen molar-refractivity contribution in [3.05, 3.63) is 273 Å². The van der Waals surface area contributed by atoms with E-state index < -0.39 is 0 Å². The average Bonchev–Trinajstić information content (AvgIpc) is 3.40. The van der Waals surface area contributed by atoms with Gasteiger partial charge in [0.25, 0.3) is 0 Å². The molecule has 65 heavy (non-hydrogen) atoms. The van der Waals surface area contributed by atoms with Gasteiger partial charge >= 0.3 is 0 Å². The van der Waals surface area contributed by atoms with Gasteiger partial charge in [-0.05, 0) is 137 Å². The molecule has 0 spiro atoms. The van der Waals surface area contributed by atoms with E-state index in [1.165, 1.54) is 88.7 Å². The van der Waals surface area contributed by atoms with Crippen LogP contribution in [0.1, 0.15) is 0 Å². The lowest BCUT2D eigenvalue weighted by molar-refractivity contribution is 1.28. The number of benzene rings is 11. The maximum Gasteiger partial charge on any atom is 0.0462 e. The highest BCUT2D eigenvalue weighted by atomic mass is 15.1. The van der Waals surface area contributed by atoms with Crippen molar-refractivity contribution in [1.82, 2.24) is 0 Å². The number of anilines is 3. The molecule has 0 aliphatic rings. The quantitative estimate of drug-likeness (QED) is 0.133. The highest BCUT2D eigenvalue weighted by molar-refractivity contribution is 6.04. The van der Waals surface area contributed by atoms with Crippen LogP contribution in [0.5, 0.6) is 0 Å². The highest BCUT2D eigenvalue weighted by Crippen LogP contribution is 2.42. The van der Waals surface area contributed by atoms with Crippen molar-refractivity contribution in [2.75, 3.05) is 4.90 Å². The fourth-order valence-electron chi connectivity index (χ4n) is 9.23. The topological polar surface area (TPSA) is 3.24 Å². The molecule has 0 atom stereocenters. The van der Waals surface area contributed by atoms with Crippen molar-refractivity contribution >= 4 is 27.8 Å². The Kier molecular flexibility index (Phi) is 10.7. The molecule has 0 unspecified atom stereocenters. The SMILES string of the molecule is c1ccc(-c2cccc(-c3ccc(N(c4ccc(-c5ccc(-c6ccccc6)c(-c6ccccc6)c5)cc4)c4ccc(-c5ccc6ccccc6c5-c5ccccc5)cc4)cc3)c2)cc1. The van der Waals surface area contributed by atoms with Crippen molar-refractivity contribution in [3.8, 4) is 77.9 Å². The average molecular weight is 828 g/mol. The van der Waals surface area contributed by atoms with Crippen LogP contribution in [0.25, 0.3) is 88.7 Å². The Morgan fingerprint density at radius 3 is 1.12 bits per heavy atom. The summed E-state index contributed by atoms with van der Waals surface area (Å²) in [6.07, 6.45) is 0. The largest absolute Gasteiger partial charge is 0.311 e. The smallest absolute Gasteiger partial charge is 0.0462 e. The van der Waals surface area contributed by atoms with Crippen LogP contribution in [0.2, 0.25) is 0 Å². The summed E-state index contributed by atoms with van der Waals surface area (Å²) in [6, 6.07) is 98.7. The maximum absolute atomic E-state index is 2.37. The third-order valence-electron chi connectivity index (χ3n) is 12.5. The zero-order chi connectivity index (χ0) is 43.4. The number of hydrogen-bond donors (Lipinski definition) is 0. The third-order valence-corrected chi connectivity index (χ3v) is 12.5. The van der Waals surface area contributed by atoms with Crippen LogP contribution >= 0.6 is 0 Å². The predicted molar refractivity (Wildman–Crippen MR) is 277 cm³/mol. The minimum Gasteiger partial charge on any atom is -0.311 e. The van der Waals surface area contributed by atoms with E-state index in [0.717, 1.165) is 17.1 Å². The Morgan fingerprint density at radius 2 is 0.569 bits per heavy atom. The van der Waals surface area contributed by atoms with Gasteiger partial charge < -0.3 is 4.90 Å². The first-order valence-corrected chi connectivity index (χ1v) is 22.3. The van der Waals surface area contributed by atoms with Gasteiger partial charge in [-0.15, -0.1) is 0 Å². The molecule has 0 saturated carbocycles. The van der Waals surface area contributed by atoms with Crippen LogP contribution in [0.3, 0.4) is 0 Å². The van der Waals surface area contributed by atoms with E-state index in [9.17, 15) is 0 Å². The Balaban J connectivity index is 0.984.